The van der Waals surface area contributed by atoms with Crippen LogP contribution in [0.4, 0.5) is 0 Å². The highest BCUT2D eigenvalue weighted by molar-refractivity contribution is 9.09. The van der Waals surface area contributed by atoms with E-state index >= 15 is 0 Å². The molecule has 0 N–H and O–H groups in total. The maximum atomic E-state index is 6.26. The zero-order valence-corrected chi connectivity index (χ0v) is 14.9. The van der Waals surface area contributed by atoms with Gasteiger partial charge in [-0.1, -0.05) is 52.7 Å². The van der Waals surface area contributed by atoms with Crippen molar-refractivity contribution in [3.05, 3.63) is 52.8 Å². The summed E-state index contributed by atoms with van der Waals surface area (Å²) in [6.07, 6.45) is 5.13. The number of benzene rings is 1. The molecule has 1 aromatic heterocycles. The minimum absolute atomic E-state index is 0.463. The van der Waals surface area contributed by atoms with Crippen molar-refractivity contribution in [3.63, 3.8) is 0 Å². The number of hydrogen-bond acceptors (Lipinski definition) is 1. The summed E-state index contributed by atoms with van der Waals surface area (Å²) in [7, 11) is 0. The second kappa shape index (κ2) is 8.00. The summed E-state index contributed by atoms with van der Waals surface area (Å²) in [6.45, 7) is 4.38. The third kappa shape index (κ3) is 4.58. The molecule has 1 aromatic carbocycles. The van der Waals surface area contributed by atoms with E-state index in [9.17, 15) is 0 Å². The summed E-state index contributed by atoms with van der Waals surface area (Å²) < 4.78 is 2.07. The van der Waals surface area contributed by atoms with Crippen LogP contribution in [-0.2, 0) is 12.8 Å². The first kappa shape index (κ1) is 16.6. The van der Waals surface area contributed by atoms with E-state index in [4.69, 9.17) is 16.7 Å². The van der Waals surface area contributed by atoms with Gasteiger partial charge in [0.25, 0.3) is 0 Å². The van der Waals surface area contributed by atoms with Gasteiger partial charge in [0.1, 0.15) is 0 Å². The van der Waals surface area contributed by atoms with E-state index in [-0.39, 0.29) is 0 Å². The lowest BCUT2D eigenvalue weighted by Gasteiger charge is -2.14. The van der Waals surface area contributed by atoms with Gasteiger partial charge in [0, 0.05) is 22.6 Å². The maximum absolute atomic E-state index is 6.26. The second-order valence-electron chi connectivity index (χ2n) is 5.56. The second-order valence-corrected chi connectivity index (χ2v) is 6.62. The van der Waals surface area contributed by atoms with Gasteiger partial charge in [0.05, 0.1) is 5.69 Å². The Hall–Kier alpha value is -0.800. The molecule has 0 saturated heterocycles. The quantitative estimate of drug-likeness (QED) is 0.605. The molecule has 0 aliphatic heterocycles. The zero-order valence-electron chi connectivity index (χ0n) is 12.6. The van der Waals surface area contributed by atoms with Crippen LogP contribution in [0.15, 0.2) is 36.5 Å². The van der Waals surface area contributed by atoms with Gasteiger partial charge < -0.3 is 0 Å². The average molecular weight is 370 g/mol. The lowest BCUT2D eigenvalue weighted by atomic mass is 9.96. The highest BCUT2D eigenvalue weighted by atomic mass is 79.9. The number of alkyl halides is 1. The molecule has 114 valence electrons. The Kier molecular flexibility index (Phi) is 6.31. The normalized spacial score (nSPS) is 14.1. The molecular weight excluding hydrogens is 348 g/mol. The van der Waals surface area contributed by atoms with E-state index in [1.807, 2.05) is 18.2 Å². The molecule has 2 rings (SSSR count). The summed E-state index contributed by atoms with van der Waals surface area (Å²) in [5, 5.41) is 6.50. The molecule has 2 aromatic rings. The van der Waals surface area contributed by atoms with Crippen molar-refractivity contribution in [3.8, 4) is 0 Å². The third-order valence-electron chi connectivity index (χ3n) is 3.89. The van der Waals surface area contributed by atoms with Crippen molar-refractivity contribution >= 4 is 27.5 Å². The lowest BCUT2D eigenvalue weighted by Crippen LogP contribution is -2.12. The molecule has 0 saturated carbocycles. The molecule has 4 heteroatoms. The standard InChI is InChI=1S/C17H22BrClN2/c1-3-13(2)21-9-8-16(20-21)11-14(12-18)10-15-6-4-5-7-17(15)19/h4-9,13-14H,3,10-12H2,1-2H3. The van der Waals surface area contributed by atoms with Crippen LogP contribution in [0.25, 0.3) is 0 Å². The number of halogens is 2. The van der Waals surface area contributed by atoms with Crippen LogP contribution in [0.5, 0.6) is 0 Å². The molecule has 2 atom stereocenters. The van der Waals surface area contributed by atoms with Crippen LogP contribution in [0, 0.1) is 5.92 Å². The predicted molar refractivity (Wildman–Crippen MR) is 93.4 cm³/mol. The highest BCUT2D eigenvalue weighted by Crippen LogP contribution is 2.22. The first-order valence-electron chi connectivity index (χ1n) is 7.47. The van der Waals surface area contributed by atoms with Crippen LogP contribution in [0.1, 0.15) is 37.6 Å². The van der Waals surface area contributed by atoms with Gasteiger partial charge >= 0.3 is 0 Å². The minimum Gasteiger partial charge on any atom is -0.270 e. The van der Waals surface area contributed by atoms with Gasteiger partial charge in [-0.25, -0.2) is 0 Å². The van der Waals surface area contributed by atoms with Crippen molar-refractivity contribution in [1.82, 2.24) is 9.78 Å². The summed E-state index contributed by atoms with van der Waals surface area (Å²) in [4.78, 5) is 0. The fourth-order valence-corrected chi connectivity index (χ4v) is 3.04. The van der Waals surface area contributed by atoms with Crippen molar-refractivity contribution in [2.75, 3.05) is 5.33 Å². The molecule has 0 aliphatic carbocycles. The number of hydrogen-bond donors (Lipinski definition) is 0. The molecule has 0 spiro atoms. The van der Waals surface area contributed by atoms with Crippen LogP contribution < -0.4 is 0 Å². The monoisotopic (exact) mass is 368 g/mol. The largest absolute Gasteiger partial charge is 0.270 e. The van der Waals surface area contributed by atoms with Gasteiger partial charge in [-0.3, -0.25) is 4.68 Å². The van der Waals surface area contributed by atoms with E-state index in [0.29, 0.717) is 12.0 Å². The van der Waals surface area contributed by atoms with E-state index in [1.54, 1.807) is 0 Å². The van der Waals surface area contributed by atoms with Crippen LogP contribution in [0.3, 0.4) is 0 Å². The lowest BCUT2D eigenvalue weighted by molar-refractivity contribution is 0.468. The zero-order chi connectivity index (χ0) is 15.2. The predicted octanol–water partition coefficient (Wildman–Crippen LogP) is 5.30. The molecule has 2 nitrogen and oxygen atoms in total. The van der Waals surface area contributed by atoms with Crippen LogP contribution >= 0.6 is 27.5 Å². The van der Waals surface area contributed by atoms with Gasteiger partial charge in [-0.2, -0.15) is 5.10 Å². The Bertz CT molecular complexity index is 567. The smallest absolute Gasteiger partial charge is 0.0627 e. The first-order chi connectivity index (χ1) is 10.1. The molecule has 0 amide bonds. The Morgan fingerprint density at radius 2 is 2.00 bits per heavy atom. The summed E-state index contributed by atoms with van der Waals surface area (Å²) >= 11 is 9.88. The molecule has 1 heterocycles. The number of nitrogens with zero attached hydrogens (tertiary/aromatic N) is 2. The average Bonchev–Trinajstić information content (AvgIpc) is 2.96. The number of rotatable bonds is 7. The summed E-state index contributed by atoms with van der Waals surface area (Å²) in [5.74, 6) is 0.505. The Balaban J connectivity index is 2.02. The molecule has 0 bridgehead atoms. The van der Waals surface area contributed by atoms with E-state index < -0.39 is 0 Å². The third-order valence-corrected chi connectivity index (χ3v) is 5.17. The van der Waals surface area contributed by atoms with E-state index in [2.05, 4.69) is 52.8 Å². The molecular formula is C17H22BrClN2. The minimum atomic E-state index is 0.463. The fraction of sp³-hybridized carbons (Fsp3) is 0.471. The molecule has 0 aliphatic rings. The van der Waals surface area contributed by atoms with E-state index in [1.165, 1.54) is 5.56 Å². The SMILES string of the molecule is CCC(C)n1ccc(CC(CBr)Cc2ccccc2Cl)n1. The van der Waals surface area contributed by atoms with Gasteiger partial charge in [0.15, 0.2) is 0 Å². The molecule has 0 fully saturated rings. The van der Waals surface area contributed by atoms with Crippen molar-refractivity contribution in [1.29, 1.82) is 0 Å². The van der Waals surface area contributed by atoms with Crippen LogP contribution in [0.2, 0.25) is 5.02 Å². The highest BCUT2D eigenvalue weighted by Gasteiger charge is 2.14. The molecule has 2 unspecified atom stereocenters. The van der Waals surface area contributed by atoms with Crippen molar-refractivity contribution < 1.29 is 0 Å². The van der Waals surface area contributed by atoms with E-state index in [0.717, 1.165) is 35.3 Å². The van der Waals surface area contributed by atoms with Crippen molar-refractivity contribution in [2.24, 2.45) is 5.92 Å². The molecule has 21 heavy (non-hydrogen) atoms. The number of aromatic nitrogens is 2. The van der Waals surface area contributed by atoms with Gasteiger partial charge in [-0.05, 0) is 49.8 Å². The Morgan fingerprint density at radius 3 is 2.67 bits per heavy atom. The maximum Gasteiger partial charge on any atom is 0.0627 e. The fourth-order valence-electron chi connectivity index (χ4n) is 2.37. The van der Waals surface area contributed by atoms with Gasteiger partial charge in [-0.15, -0.1) is 0 Å². The first-order valence-corrected chi connectivity index (χ1v) is 8.97. The van der Waals surface area contributed by atoms with Crippen molar-refractivity contribution in [2.45, 2.75) is 39.2 Å². The van der Waals surface area contributed by atoms with Gasteiger partial charge in [0.2, 0.25) is 0 Å². The summed E-state index contributed by atoms with van der Waals surface area (Å²) in [6, 6.07) is 10.7. The Labute approximate surface area is 140 Å². The summed E-state index contributed by atoms with van der Waals surface area (Å²) in [5.41, 5.74) is 2.37. The Morgan fingerprint density at radius 1 is 1.24 bits per heavy atom. The van der Waals surface area contributed by atoms with Crippen LogP contribution in [-0.4, -0.2) is 15.1 Å². The molecule has 0 radical (unpaired) electrons. The topological polar surface area (TPSA) is 17.8 Å².